The van der Waals surface area contributed by atoms with Crippen molar-refractivity contribution < 1.29 is 14.1 Å². The molecule has 7 heteroatoms. The van der Waals surface area contributed by atoms with E-state index in [1.54, 1.807) is 0 Å². The van der Waals surface area contributed by atoms with E-state index in [0.29, 0.717) is 5.56 Å². The number of hydrogen-bond acceptors (Lipinski definition) is 4. The first-order valence-electron chi connectivity index (χ1n) is 6.11. The van der Waals surface area contributed by atoms with Crippen LogP contribution >= 0.6 is 0 Å². The number of carbonyl (C=O) groups excluding carboxylic acids is 1. The van der Waals surface area contributed by atoms with Crippen molar-refractivity contribution in [1.29, 1.82) is 0 Å². The summed E-state index contributed by atoms with van der Waals surface area (Å²) in [7, 11) is 0. The smallest absolute Gasteiger partial charge is 0.285 e. The fourth-order valence-corrected chi connectivity index (χ4v) is 1.80. The van der Waals surface area contributed by atoms with Gasteiger partial charge in [0, 0.05) is 30.7 Å². The standard InChI is InChI=1S/C14H11FN2O4/c15-11-3-1-10(2-4-11)13(18)7-8-16-9-12(17(20)21)5-6-14(16)19/h1-6,9H,7-8H2. The van der Waals surface area contributed by atoms with Gasteiger partial charge in [-0.3, -0.25) is 19.7 Å². The first kappa shape index (κ1) is 14.6. The van der Waals surface area contributed by atoms with Gasteiger partial charge in [0.1, 0.15) is 5.82 Å². The summed E-state index contributed by atoms with van der Waals surface area (Å²) in [5, 5.41) is 10.6. The largest absolute Gasteiger partial charge is 0.308 e. The Labute approximate surface area is 118 Å². The molecule has 1 aromatic carbocycles. The van der Waals surface area contributed by atoms with Crippen LogP contribution in [0.2, 0.25) is 0 Å². The molecular formula is C14H11FN2O4. The van der Waals surface area contributed by atoms with Gasteiger partial charge in [-0.15, -0.1) is 0 Å². The molecule has 0 spiro atoms. The van der Waals surface area contributed by atoms with Gasteiger partial charge >= 0.3 is 0 Å². The Morgan fingerprint density at radius 2 is 1.86 bits per heavy atom. The number of nitrogens with zero attached hydrogens (tertiary/aromatic N) is 2. The number of aromatic nitrogens is 1. The Morgan fingerprint density at radius 1 is 1.19 bits per heavy atom. The number of pyridine rings is 1. The van der Waals surface area contributed by atoms with Crippen molar-refractivity contribution in [3.63, 3.8) is 0 Å². The molecule has 0 atom stereocenters. The lowest BCUT2D eigenvalue weighted by Crippen LogP contribution is -2.20. The van der Waals surface area contributed by atoms with Gasteiger partial charge in [-0.2, -0.15) is 0 Å². The van der Waals surface area contributed by atoms with E-state index in [-0.39, 0.29) is 24.4 Å². The van der Waals surface area contributed by atoms with Gasteiger partial charge in [-0.1, -0.05) is 0 Å². The molecular weight excluding hydrogens is 279 g/mol. The quantitative estimate of drug-likeness (QED) is 0.480. The molecule has 2 aromatic rings. The van der Waals surface area contributed by atoms with E-state index < -0.39 is 16.3 Å². The third-order valence-electron chi connectivity index (χ3n) is 2.92. The molecule has 0 bridgehead atoms. The molecule has 0 aliphatic rings. The number of nitro groups is 1. The molecule has 0 N–H and O–H groups in total. The molecule has 0 unspecified atom stereocenters. The van der Waals surface area contributed by atoms with E-state index in [4.69, 9.17) is 0 Å². The maximum absolute atomic E-state index is 12.8. The number of ketones is 1. The lowest BCUT2D eigenvalue weighted by Gasteiger charge is -2.05. The van der Waals surface area contributed by atoms with Gasteiger partial charge in [0.2, 0.25) is 0 Å². The Hall–Kier alpha value is -2.83. The van der Waals surface area contributed by atoms with E-state index >= 15 is 0 Å². The van der Waals surface area contributed by atoms with Crippen molar-refractivity contribution in [3.8, 4) is 0 Å². The topological polar surface area (TPSA) is 82.2 Å². The molecule has 0 amide bonds. The summed E-state index contributed by atoms with van der Waals surface area (Å²) < 4.78 is 13.9. The molecule has 0 fully saturated rings. The number of Topliss-reactive ketones (excluding diaryl/α,β-unsaturated/α-hetero) is 1. The van der Waals surface area contributed by atoms with Crippen LogP contribution in [0.1, 0.15) is 16.8 Å². The van der Waals surface area contributed by atoms with Crippen LogP contribution in [0.3, 0.4) is 0 Å². The molecule has 0 aliphatic carbocycles. The Kier molecular flexibility index (Phi) is 4.22. The summed E-state index contributed by atoms with van der Waals surface area (Å²) in [4.78, 5) is 33.5. The molecule has 2 rings (SSSR count). The van der Waals surface area contributed by atoms with Crippen LogP contribution in [0.25, 0.3) is 0 Å². The molecule has 0 radical (unpaired) electrons. The summed E-state index contributed by atoms with van der Waals surface area (Å²) in [5.41, 5.74) is -0.314. The van der Waals surface area contributed by atoms with Crippen molar-refractivity contribution in [3.05, 3.63) is 74.4 Å². The van der Waals surface area contributed by atoms with Crippen molar-refractivity contribution >= 4 is 11.5 Å². The van der Waals surface area contributed by atoms with Crippen molar-refractivity contribution in [2.75, 3.05) is 0 Å². The van der Waals surface area contributed by atoms with E-state index in [0.717, 1.165) is 22.9 Å². The molecule has 0 saturated carbocycles. The number of hydrogen-bond donors (Lipinski definition) is 0. The third-order valence-corrected chi connectivity index (χ3v) is 2.92. The number of aryl methyl sites for hydroxylation is 1. The van der Waals surface area contributed by atoms with Gasteiger partial charge in [0.15, 0.2) is 5.78 Å². The molecule has 0 saturated heterocycles. The second-order valence-corrected chi connectivity index (χ2v) is 4.36. The highest BCUT2D eigenvalue weighted by atomic mass is 19.1. The second kappa shape index (κ2) is 6.08. The minimum absolute atomic E-state index is 0.00724. The van der Waals surface area contributed by atoms with E-state index in [2.05, 4.69) is 0 Å². The van der Waals surface area contributed by atoms with Crippen LogP contribution in [0.15, 0.2) is 47.4 Å². The summed E-state index contributed by atoms with van der Waals surface area (Å²) in [6, 6.07) is 7.25. The zero-order valence-electron chi connectivity index (χ0n) is 10.9. The Morgan fingerprint density at radius 3 is 2.48 bits per heavy atom. The minimum atomic E-state index is -0.613. The predicted molar refractivity (Wildman–Crippen MR) is 72.7 cm³/mol. The van der Waals surface area contributed by atoms with Crippen LogP contribution in [-0.2, 0) is 6.54 Å². The van der Waals surface area contributed by atoms with Gasteiger partial charge in [-0.25, -0.2) is 4.39 Å². The molecule has 6 nitrogen and oxygen atoms in total. The van der Waals surface area contributed by atoms with Crippen LogP contribution in [-0.4, -0.2) is 15.3 Å². The van der Waals surface area contributed by atoms with E-state index in [1.165, 1.54) is 24.3 Å². The Balaban J connectivity index is 2.11. The predicted octanol–water partition coefficient (Wildman–Crippen LogP) is 2.17. The normalized spacial score (nSPS) is 10.3. The SMILES string of the molecule is O=C(CCn1cc([N+](=O)[O-])ccc1=O)c1ccc(F)cc1. The summed E-state index contributed by atoms with van der Waals surface area (Å²) in [6.45, 7) is 0.0245. The summed E-state index contributed by atoms with van der Waals surface area (Å²) >= 11 is 0. The Bertz CT molecular complexity index is 737. The highest BCUT2D eigenvalue weighted by molar-refractivity contribution is 5.95. The highest BCUT2D eigenvalue weighted by Crippen LogP contribution is 2.09. The second-order valence-electron chi connectivity index (χ2n) is 4.36. The maximum atomic E-state index is 12.8. The maximum Gasteiger partial charge on any atom is 0.285 e. The number of halogens is 1. The summed E-state index contributed by atoms with van der Waals surface area (Å²) in [5.74, 6) is -0.713. The molecule has 21 heavy (non-hydrogen) atoms. The van der Waals surface area contributed by atoms with Crippen molar-refractivity contribution in [1.82, 2.24) is 4.57 Å². The number of carbonyl (C=O) groups is 1. The van der Waals surface area contributed by atoms with E-state index in [9.17, 15) is 24.1 Å². The van der Waals surface area contributed by atoms with Gasteiger partial charge < -0.3 is 4.57 Å². The van der Waals surface area contributed by atoms with Crippen molar-refractivity contribution in [2.45, 2.75) is 13.0 Å². The lowest BCUT2D eigenvalue weighted by atomic mass is 10.1. The first-order chi connectivity index (χ1) is 9.97. The third kappa shape index (κ3) is 3.59. The van der Waals surface area contributed by atoms with Gasteiger partial charge in [-0.05, 0) is 24.3 Å². The van der Waals surface area contributed by atoms with Gasteiger partial charge in [0.05, 0.1) is 11.1 Å². The van der Waals surface area contributed by atoms with Gasteiger partial charge in [0.25, 0.3) is 11.2 Å². The zero-order chi connectivity index (χ0) is 15.4. The minimum Gasteiger partial charge on any atom is -0.308 e. The molecule has 108 valence electrons. The fraction of sp³-hybridized carbons (Fsp3) is 0.143. The van der Waals surface area contributed by atoms with Crippen LogP contribution < -0.4 is 5.56 Å². The zero-order valence-corrected chi connectivity index (χ0v) is 10.9. The monoisotopic (exact) mass is 290 g/mol. The lowest BCUT2D eigenvalue weighted by molar-refractivity contribution is -0.385. The molecule has 1 heterocycles. The number of rotatable bonds is 5. The first-order valence-corrected chi connectivity index (χ1v) is 6.11. The van der Waals surface area contributed by atoms with Crippen LogP contribution in [0.4, 0.5) is 10.1 Å². The highest BCUT2D eigenvalue weighted by Gasteiger charge is 2.10. The van der Waals surface area contributed by atoms with Crippen LogP contribution in [0, 0.1) is 15.9 Å². The summed E-state index contributed by atoms with van der Waals surface area (Å²) in [6.07, 6.45) is 1.09. The average molecular weight is 290 g/mol. The van der Waals surface area contributed by atoms with Crippen molar-refractivity contribution in [2.24, 2.45) is 0 Å². The fourth-order valence-electron chi connectivity index (χ4n) is 1.80. The van der Waals surface area contributed by atoms with E-state index in [1.807, 2.05) is 0 Å². The average Bonchev–Trinajstić information content (AvgIpc) is 2.46. The molecule has 1 aromatic heterocycles. The van der Waals surface area contributed by atoms with Crippen LogP contribution in [0.5, 0.6) is 0 Å². The molecule has 0 aliphatic heterocycles. The number of benzene rings is 1.